The zero-order valence-electron chi connectivity index (χ0n) is 11.7. The van der Waals surface area contributed by atoms with Crippen LogP contribution < -0.4 is 10.0 Å². The fraction of sp³-hybridized carbons (Fsp3) is 0.308. The smallest absolute Gasteiger partial charge is 0.241 e. The summed E-state index contributed by atoms with van der Waals surface area (Å²) in [4.78, 5) is 7.04. The molecule has 1 atom stereocenters. The van der Waals surface area contributed by atoms with Crippen LogP contribution in [0.15, 0.2) is 35.5 Å². The molecule has 0 saturated carbocycles. The Labute approximate surface area is 129 Å². The first-order chi connectivity index (χ1) is 9.94. The van der Waals surface area contributed by atoms with Gasteiger partial charge in [0.1, 0.15) is 5.82 Å². The van der Waals surface area contributed by atoms with E-state index in [1.54, 1.807) is 32.4 Å². The molecule has 21 heavy (non-hydrogen) atoms. The van der Waals surface area contributed by atoms with Crippen LogP contribution in [0.5, 0.6) is 0 Å². The van der Waals surface area contributed by atoms with Crippen LogP contribution in [0.2, 0.25) is 5.02 Å². The summed E-state index contributed by atoms with van der Waals surface area (Å²) < 4.78 is 27.2. The van der Waals surface area contributed by atoms with Gasteiger partial charge >= 0.3 is 0 Å². The average Bonchev–Trinajstić information content (AvgIpc) is 2.95. The second kappa shape index (κ2) is 6.57. The first kappa shape index (κ1) is 16.0. The van der Waals surface area contributed by atoms with Crippen LogP contribution >= 0.6 is 11.6 Å². The van der Waals surface area contributed by atoms with E-state index in [1.807, 2.05) is 0 Å². The lowest BCUT2D eigenvalue weighted by Gasteiger charge is -2.13. The van der Waals surface area contributed by atoms with Crippen LogP contribution in [0.1, 0.15) is 24.4 Å². The number of aromatic amines is 1. The molecule has 1 unspecified atom stereocenters. The van der Waals surface area contributed by atoms with E-state index in [4.69, 9.17) is 11.6 Å². The summed E-state index contributed by atoms with van der Waals surface area (Å²) in [5.41, 5.74) is 0.845. The SMILES string of the molecule is CNCc1ccc(S(=O)(=O)NC(C)c2ncc[nH]2)cc1Cl. The lowest BCUT2D eigenvalue weighted by atomic mass is 10.2. The van der Waals surface area contributed by atoms with E-state index in [-0.39, 0.29) is 4.90 Å². The van der Waals surface area contributed by atoms with Gasteiger partial charge in [0, 0.05) is 24.0 Å². The topological polar surface area (TPSA) is 86.9 Å². The quantitative estimate of drug-likeness (QED) is 0.755. The van der Waals surface area contributed by atoms with Gasteiger partial charge in [-0.2, -0.15) is 0 Å². The van der Waals surface area contributed by atoms with Crippen LogP contribution in [-0.4, -0.2) is 25.4 Å². The molecule has 0 aliphatic heterocycles. The number of aromatic nitrogens is 2. The molecule has 0 aliphatic rings. The van der Waals surface area contributed by atoms with Gasteiger partial charge in [-0.15, -0.1) is 0 Å². The van der Waals surface area contributed by atoms with Crippen molar-refractivity contribution in [2.75, 3.05) is 7.05 Å². The van der Waals surface area contributed by atoms with E-state index >= 15 is 0 Å². The fourth-order valence-electron chi connectivity index (χ4n) is 1.90. The maximum Gasteiger partial charge on any atom is 0.241 e. The lowest BCUT2D eigenvalue weighted by Crippen LogP contribution is -2.27. The van der Waals surface area contributed by atoms with Crippen molar-refractivity contribution >= 4 is 21.6 Å². The number of hydrogen-bond acceptors (Lipinski definition) is 4. The highest BCUT2D eigenvalue weighted by atomic mass is 35.5. The van der Waals surface area contributed by atoms with Gasteiger partial charge < -0.3 is 10.3 Å². The second-order valence-corrected chi connectivity index (χ2v) is 6.72. The van der Waals surface area contributed by atoms with Gasteiger partial charge in [-0.1, -0.05) is 17.7 Å². The molecule has 0 radical (unpaired) electrons. The van der Waals surface area contributed by atoms with E-state index in [0.717, 1.165) is 5.56 Å². The monoisotopic (exact) mass is 328 g/mol. The van der Waals surface area contributed by atoms with Gasteiger partial charge in [0.2, 0.25) is 10.0 Å². The molecule has 0 saturated heterocycles. The van der Waals surface area contributed by atoms with Crippen LogP contribution in [-0.2, 0) is 16.6 Å². The first-order valence-electron chi connectivity index (χ1n) is 6.38. The summed E-state index contributed by atoms with van der Waals surface area (Å²) in [6.45, 7) is 2.29. The Morgan fingerprint density at radius 2 is 2.19 bits per heavy atom. The van der Waals surface area contributed by atoms with Crippen molar-refractivity contribution in [2.45, 2.75) is 24.4 Å². The summed E-state index contributed by atoms with van der Waals surface area (Å²) in [5.74, 6) is 0.552. The van der Waals surface area contributed by atoms with Gasteiger partial charge in [-0.25, -0.2) is 18.1 Å². The number of benzene rings is 1. The molecule has 1 heterocycles. The average molecular weight is 329 g/mol. The summed E-state index contributed by atoms with van der Waals surface area (Å²) >= 11 is 6.10. The Bertz CT molecular complexity index is 701. The molecule has 0 fully saturated rings. The molecular weight excluding hydrogens is 312 g/mol. The van der Waals surface area contributed by atoms with Crippen molar-refractivity contribution < 1.29 is 8.42 Å². The molecule has 2 aromatic rings. The standard InChI is InChI=1S/C13H17ClN4O2S/c1-9(13-16-5-6-17-13)18-21(19,20)11-4-3-10(8-15-2)12(14)7-11/h3-7,9,15,18H,8H2,1-2H3,(H,16,17). The van der Waals surface area contributed by atoms with E-state index in [1.165, 1.54) is 12.1 Å². The molecule has 3 N–H and O–H groups in total. The molecule has 0 spiro atoms. The number of sulfonamides is 1. The summed E-state index contributed by atoms with van der Waals surface area (Å²) in [6, 6.07) is 4.23. The number of hydrogen-bond donors (Lipinski definition) is 3. The van der Waals surface area contributed by atoms with E-state index in [0.29, 0.717) is 17.4 Å². The number of nitrogens with zero attached hydrogens (tertiary/aromatic N) is 1. The Morgan fingerprint density at radius 1 is 1.43 bits per heavy atom. The molecule has 0 amide bonds. The van der Waals surface area contributed by atoms with Crippen molar-refractivity contribution in [1.29, 1.82) is 0 Å². The van der Waals surface area contributed by atoms with Crippen molar-refractivity contribution in [2.24, 2.45) is 0 Å². The van der Waals surface area contributed by atoms with Crippen LogP contribution in [0.4, 0.5) is 0 Å². The Hall–Kier alpha value is -1.41. The highest BCUT2D eigenvalue weighted by Gasteiger charge is 2.20. The molecule has 114 valence electrons. The maximum atomic E-state index is 12.3. The van der Waals surface area contributed by atoms with Gasteiger partial charge in [0.25, 0.3) is 0 Å². The lowest BCUT2D eigenvalue weighted by molar-refractivity contribution is 0.561. The van der Waals surface area contributed by atoms with Crippen LogP contribution in [0.3, 0.4) is 0 Å². The summed E-state index contributed by atoms with van der Waals surface area (Å²) in [7, 11) is -1.86. The normalized spacial score (nSPS) is 13.3. The minimum absolute atomic E-state index is 0.130. The van der Waals surface area contributed by atoms with Gasteiger partial charge in [0.05, 0.1) is 10.9 Å². The highest BCUT2D eigenvalue weighted by Crippen LogP contribution is 2.22. The predicted octanol–water partition coefficient (Wildman–Crippen LogP) is 1.82. The molecule has 1 aromatic carbocycles. The number of H-pyrrole nitrogens is 1. The molecule has 2 rings (SSSR count). The highest BCUT2D eigenvalue weighted by molar-refractivity contribution is 7.89. The minimum Gasteiger partial charge on any atom is -0.347 e. The fourth-order valence-corrected chi connectivity index (χ4v) is 3.45. The second-order valence-electron chi connectivity index (χ2n) is 4.60. The van der Waals surface area contributed by atoms with Crippen LogP contribution in [0, 0.1) is 0 Å². The van der Waals surface area contributed by atoms with Crippen molar-refractivity contribution in [3.05, 3.63) is 47.0 Å². The zero-order chi connectivity index (χ0) is 15.5. The molecule has 1 aromatic heterocycles. The molecule has 6 nitrogen and oxygen atoms in total. The number of imidazole rings is 1. The molecular formula is C13H17ClN4O2S. The molecule has 0 aliphatic carbocycles. The summed E-state index contributed by atoms with van der Waals surface area (Å²) in [6.07, 6.45) is 3.22. The van der Waals surface area contributed by atoms with Gasteiger partial charge in [0.15, 0.2) is 0 Å². The zero-order valence-corrected chi connectivity index (χ0v) is 13.3. The minimum atomic E-state index is -3.65. The van der Waals surface area contributed by atoms with E-state index in [9.17, 15) is 8.42 Å². The van der Waals surface area contributed by atoms with Crippen molar-refractivity contribution in [3.8, 4) is 0 Å². The molecule has 0 bridgehead atoms. The Morgan fingerprint density at radius 3 is 2.76 bits per heavy atom. The maximum absolute atomic E-state index is 12.3. The van der Waals surface area contributed by atoms with E-state index < -0.39 is 16.1 Å². The third-order valence-corrected chi connectivity index (χ3v) is 4.85. The van der Waals surface area contributed by atoms with Gasteiger partial charge in [-0.3, -0.25) is 0 Å². The van der Waals surface area contributed by atoms with Crippen LogP contribution in [0.25, 0.3) is 0 Å². The Kier molecular flexibility index (Phi) is 5.00. The van der Waals surface area contributed by atoms with Crippen molar-refractivity contribution in [1.82, 2.24) is 20.0 Å². The Balaban J connectivity index is 2.21. The predicted molar refractivity (Wildman–Crippen MR) is 81.5 cm³/mol. The number of rotatable bonds is 6. The van der Waals surface area contributed by atoms with Crippen molar-refractivity contribution in [3.63, 3.8) is 0 Å². The number of halogens is 1. The number of nitrogens with one attached hydrogen (secondary N) is 3. The third-order valence-electron chi connectivity index (χ3n) is 2.96. The van der Waals surface area contributed by atoms with E-state index in [2.05, 4.69) is 20.0 Å². The first-order valence-corrected chi connectivity index (χ1v) is 8.25. The molecule has 8 heteroatoms. The largest absolute Gasteiger partial charge is 0.347 e. The summed E-state index contributed by atoms with van der Waals surface area (Å²) in [5, 5.41) is 3.39. The van der Waals surface area contributed by atoms with Gasteiger partial charge in [-0.05, 0) is 31.7 Å². The third kappa shape index (κ3) is 3.82.